The Hall–Kier alpha value is -3.15. The van der Waals surface area contributed by atoms with Gasteiger partial charge in [0, 0.05) is 24.5 Å². The van der Waals surface area contributed by atoms with Crippen LogP contribution in [-0.2, 0) is 22.4 Å². The van der Waals surface area contributed by atoms with Crippen molar-refractivity contribution in [1.82, 2.24) is 10.3 Å². The van der Waals surface area contributed by atoms with Gasteiger partial charge in [-0.1, -0.05) is 48.6 Å². The van der Waals surface area contributed by atoms with E-state index < -0.39 is 11.2 Å². The Labute approximate surface area is 199 Å². The lowest BCUT2D eigenvalue weighted by Crippen LogP contribution is -2.31. The van der Waals surface area contributed by atoms with Crippen LogP contribution in [-0.4, -0.2) is 27.7 Å². The van der Waals surface area contributed by atoms with Crippen molar-refractivity contribution in [3.63, 3.8) is 0 Å². The number of pyridine rings is 1. The van der Waals surface area contributed by atoms with Crippen LogP contribution in [0.5, 0.6) is 0 Å². The van der Waals surface area contributed by atoms with E-state index in [9.17, 15) is 9.35 Å². The highest BCUT2D eigenvalue weighted by atomic mass is 32.2. The molecule has 4 nitrogen and oxygen atoms in total. The molecule has 1 heterocycles. The van der Waals surface area contributed by atoms with E-state index in [-0.39, 0.29) is 11.9 Å². The maximum Gasteiger partial charge on any atom is 0.244 e. The van der Waals surface area contributed by atoms with E-state index in [2.05, 4.69) is 16.4 Å². The van der Waals surface area contributed by atoms with Crippen molar-refractivity contribution in [2.45, 2.75) is 37.1 Å². The highest BCUT2D eigenvalue weighted by Gasteiger charge is 2.08. The molecule has 1 amide bonds. The molecule has 0 saturated heterocycles. The van der Waals surface area contributed by atoms with Crippen LogP contribution in [0.2, 0.25) is 0 Å². The Bertz CT molecular complexity index is 1060. The summed E-state index contributed by atoms with van der Waals surface area (Å²) in [6, 6.07) is 21.8. The first-order valence-corrected chi connectivity index (χ1v) is 12.7. The van der Waals surface area contributed by atoms with E-state index >= 15 is 0 Å². The van der Waals surface area contributed by atoms with Crippen molar-refractivity contribution < 1.29 is 9.35 Å². The Kier molecular flexibility index (Phi) is 9.48. The van der Waals surface area contributed by atoms with Crippen LogP contribution in [0, 0.1) is 0 Å². The summed E-state index contributed by atoms with van der Waals surface area (Å²) in [5.41, 5.74) is 4.27. The van der Waals surface area contributed by atoms with E-state index in [0.29, 0.717) is 0 Å². The Morgan fingerprint density at radius 2 is 1.79 bits per heavy atom. The molecule has 170 valence electrons. The molecule has 2 aromatic carbocycles. The minimum Gasteiger partial charge on any atom is -0.612 e. The number of nitrogens with zero attached hydrogens (tertiary/aromatic N) is 1. The molecule has 5 heteroatoms. The predicted octanol–water partition coefficient (Wildman–Crippen LogP) is 5.33. The van der Waals surface area contributed by atoms with Gasteiger partial charge >= 0.3 is 0 Å². The molecule has 0 saturated carbocycles. The Morgan fingerprint density at radius 1 is 1.06 bits per heavy atom. The van der Waals surface area contributed by atoms with Crippen molar-refractivity contribution in [1.29, 1.82) is 0 Å². The lowest BCUT2D eigenvalue weighted by atomic mass is 9.97. The van der Waals surface area contributed by atoms with Gasteiger partial charge in [-0.2, -0.15) is 0 Å². The van der Waals surface area contributed by atoms with E-state index in [0.717, 1.165) is 40.9 Å². The monoisotopic (exact) mass is 458 g/mol. The molecule has 0 fully saturated rings. The summed E-state index contributed by atoms with van der Waals surface area (Å²) in [4.78, 5) is 17.3. The number of hydrogen-bond acceptors (Lipinski definition) is 3. The van der Waals surface area contributed by atoms with E-state index in [1.54, 1.807) is 24.6 Å². The molecular weight excluding hydrogens is 428 g/mol. The molecular formula is C28H30N2O2S. The zero-order chi connectivity index (χ0) is 23.5. The molecule has 0 aliphatic carbocycles. The summed E-state index contributed by atoms with van der Waals surface area (Å²) < 4.78 is 11.7. The van der Waals surface area contributed by atoms with Gasteiger partial charge in [0.15, 0.2) is 4.90 Å². The summed E-state index contributed by atoms with van der Waals surface area (Å²) >= 11 is -1.02. The van der Waals surface area contributed by atoms with Gasteiger partial charge in [0.2, 0.25) is 5.91 Å². The Balaban J connectivity index is 1.61. The van der Waals surface area contributed by atoms with Gasteiger partial charge in [0.25, 0.3) is 0 Å². The van der Waals surface area contributed by atoms with Gasteiger partial charge in [0.05, 0.1) is 0 Å². The third-order valence-corrected chi connectivity index (χ3v) is 6.24. The van der Waals surface area contributed by atoms with Gasteiger partial charge in [-0.25, -0.2) is 0 Å². The SMILES string of the molecule is C[C@H](CCCc1cccnc1)NC(=O)/C=C/C=C(\c1ccccc1)c1ccc([S+](C)[O-])cc1. The van der Waals surface area contributed by atoms with Crippen molar-refractivity contribution >= 4 is 22.7 Å². The molecule has 33 heavy (non-hydrogen) atoms. The number of allylic oxidation sites excluding steroid dienone is 2. The fourth-order valence-electron chi connectivity index (χ4n) is 3.56. The molecule has 0 aliphatic heterocycles. The van der Waals surface area contributed by atoms with Crippen LogP contribution >= 0.6 is 0 Å². The average molecular weight is 459 g/mol. The zero-order valence-corrected chi connectivity index (χ0v) is 19.9. The smallest absolute Gasteiger partial charge is 0.244 e. The molecule has 1 unspecified atom stereocenters. The molecule has 3 rings (SSSR count). The first-order valence-electron chi connectivity index (χ1n) is 11.1. The fourth-order valence-corrected chi connectivity index (χ4v) is 4.08. The second-order valence-corrected chi connectivity index (χ2v) is 9.33. The van der Waals surface area contributed by atoms with Crippen molar-refractivity contribution in [2.75, 3.05) is 6.26 Å². The molecule has 1 aromatic heterocycles. The number of hydrogen-bond donors (Lipinski definition) is 1. The second kappa shape index (κ2) is 12.8. The van der Waals surface area contributed by atoms with Crippen LogP contribution in [0.3, 0.4) is 0 Å². The summed E-state index contributed by atoms with van der Waals surface area (Å²) in [7, 11) is 0. The van der Waals surface area contributed by atoms with Gasteiger partial charge < -0.3 is 9.87 Å². The Morgan fingerprint density at radius 3 is 2.45 bits per heavy atom. The van der Waals surface area contributed by atoms with Gasteiger partial charge in [-0.05, 0) is 90.0 Å². The first-order chi connectivity index (χ1) is 16.0. The average Bonchev–Trinajstić information content (AvgIpc) is 2.83. The number of carbonyl (C=O) groups excluding carboxylic acids is 1. The topological polar surface area (TPSA) is 65.0 Å². The van der Waals surface area contributed by atoms with Gasteiger partial charge in [0.1, 0.15) is 6.26 Å². The number of carbonyl (C=O) groups is 1. The molecule has 0 radical (unpaired) electrons. The highest BCUT2D eigenvalue weighted by molar-refractivity contribution is 7.90. The first kappa shape index (κ1) is 24.5. The maximum atomic E-state index is 12.4. The molecule has 1 N–H and O–H groups in total. The lowest BCUT2D eigenvalue weighted by molar-refractivity contribution is -0.117. The summed E-state index contributed by atoms with van der Waals surface area (Å²) in [6.45, 7) is 2.03. The maximum absolute atomic E-state index is 12.4. The number of amides is 1. The second-order valence-electron chi connectivity index (χ2n) is 7.95. The number of rotatable bonds is 10. The molecule has 3 aromatic rings. The largest absolute Gasteiger partial charge is 0.612 e. The van der Waals surface area contributed by atoms with Crippen molar-refractivity contribution in [2.24, 2.45) is 0 Å². The van der Waals surface area contributed by atoms with Gasteiger partial charge in [-0.3, -0.25) is 9.78 Å². The molecule has 0 aliphatic rings. The van der Waals surface area contributed by atoms with Crippen LogP contribution in [0.1, 0.15) is 36.5 Å². The number of aryl methyl sites for hydroxylation is 1. The number of benzene rings is 2. The van der Waals surface area contributed by atoms with Crippen LogP contribution in [0.4, 0.5) is 0 Å². The minimum absolute atomic E-state index is 0.0962. The molecule has 2 atom stereocenters. The van der Waals surface area contributed by atoms with Crippen molar-refractivity contribution in [3.8, 4) is 0 Å². The third kappa shape index (κ3) is 8.04. The molecule has 0 bridgehead atoms. The summed E-state index contributed by atoms with van der Waals surface area (Å²) in [5.74, 6) is -0.107. The molecule has 0 spiro atoms. The number of aromatic nitrogens is 1. The predicted molar refractivity (Wildman–Crippen MR) is 136 cm³/mol. The van der Waals surface area contributed by atoms with Crippen molar-refractivity contribution in [3.05, 3.63) is 114 Å². The van der Waals surface area contributed by atoms with Crippen LogP contribution in [0.25, 0.3) is 5.57 Å². The van der Waals surface area contributed by atoms with E-state index in [1.807, 2.05) is 79.9 Å². The van der Waals surface area contributed by atoms with E-state index in [4.69, 9.17) is 0 Å². The number of nitrogens with one attached hydrogen (secondary N) is 1. The van der Waals surface area contributed by atoms with Crippen LogP contribution < -0.4 is 5.32 Å². The lowest BCUT2D eigenvalue weighted by Gasteiger charge is -2.12. The quantitative estimate of drug-likeness (QED) is 0.254. The van der Waals surface area contributed by atoms with Gasteiger partial charge in [-0.15, -0.1) is 0 Å². The third-order valence-electron chi connectivity index (χ3n) is 5.31. The minimum atomic E-state index is -1.02. The summed E-state index contributed by atoms with van der Waals surface area (Å²) in [5, 5.41) is 3.03. The zero-order valence-electron chi connectivity index (χ0n) is 19.1. The normalized spacial score (nSPS) is 13.6. The van der Waals surface area contributed by atoms with E-state index in [1.165, 1.54) is 5.56 Å². The van der Waals surface area contributed by atoms with Crippen LogP contribution in [0.15, 0.2) is 102 Å². The standard InChI is InChI=1S/C28H30N2O2S/c1-22(9-6-10-23-11-8-20-29-21-23)30-28(31)15-7-14-27(24-12-4-3-5-13-24)25-16-18-26(19-17-25)33(2)32/h3-5,7-8,11-22H,6,9-10H2,1-2H3,(H,30,31)/b15-7+,27-14+/t22-,33?/m1/s1. The summed E-state index contributed by atoms with van der Waals surface area (Å²) in [6.07, 6.45) is 13.5. The fraction of sp³-hybridized carbons (Fsp3) is 0.214. The highest BCUT2D eigenvalue weighted by Crippen LogP contribution is 2.24.